The van der Waals surface area contributed by atoms with Gasteiger partial charge in [0.05, 0.1) is 6.61 Å². The lowest BCUT2D eigenvalue weighted by Crippen LogP contribution is -2.26. The van der Waals surface area contributed by atoms with Gasteiger partial charge in [-0.15, -0.1) is 0 Å². The van der Waals surface area contributed by atoms with Crippen molar-refractivity contribution in [2.75, 3.05) is 20.3 Å². The summed E-state index contributed by atoms with van der Waals surface area (Å²) in [5, 5.41) is 2.74. The van der Waals surface area contributed by atoms with Crippen LogP contribution < -0.4 is 5.32 Å². The Morgan fingerprint density at radius 1 is 1.58 bits per heavy atom. The fraction of sp³-hybridized carbons (Fsp3) is 0.667. The van der Waals surface area contributed by atoms with Crippen molar-refractivity contribution in [1.29, 1.82) is 0 Å². The van der Waals surface area contributed by atoms with E-state index in [9.17, 15) is 4.79 Å². The maximum Gasteiger partial charge on any atom is 0.220 e. The normalized spacial score (nSPS) is 10.5. The molecule has 0 fully saturated rings. The molecule has 0 spiro atoms. The molecule has 1 amide bonds. The Bertz CT molecular complexity index is 143. The maximum absolute atomic E-state index is 11.0. The molecule has 0 aromatic heterocycles. The summed E-state index contributed by atoms with van der Waals surface area (Å²) < 4.78 is 4.79. The second-order valence-electron chi connectivity index (χ2n) is 2.45. The summed E-state index contributed by atoms with van der Waals surface area (Å²) in [7, 11) is 1.62. The number of hydrogen-bond donors (Lipinski definition) is 1. The van der Waals surface area contributed by atoms with Gasteiger partial charge >= 0.3 is 0 Å². The van der Waals surface area contributed by atoms with Crippen LogP contribution in [0.5, 0.6) is 0 Å². The number of amides is 1. The number of hydrogen-bond acceptors (Lipinski definition) is 2. The van der Waals surface area contributed by atoms with Crippen LogP contribution in [0.4, 0.5) is 0 Å². The van der Waals surface area contributed by atoms with Crippen molar-refractivity contribution in [1.82, 2.24) is 5.32 Å². The molecule has 0 rings (SSSR count). The Labute approximate surface area is 73.8 Å². The minimum Gasteiger partial charge on any atom is -0.383 e. The first-order valence-electron chi connectivity index (χ1n) is 4.18. The van der Waals surface area contributed by atoms with Crippen molar-refractivity contribution in [2.24, 2.45) is 0 Å². The second-order valence-corrected chi connectivity index (χ2v) is 2.45. The van der Waals surface area contributed by atoms with Gasteiger partial charge in [-0.1, -0.05) is 12.2 Å². The molecule has 0 bridgehead atoms. The number of carbonyl (C=O) groups excluding carboxylic acids is 1. The van der Waals surface area contributed by atoms with E-state index >= 15 is 0 Å². The third-order valence-corrected chi connectivity index (χ3v) is 1.40. The van der Waals surface area contributed by atoms with Gasteiger partial charge < -0.3 is 10.1 Å². The van der Waals surface area contributed by atoms with Crippen LogP contribution in [-0.2, 0) is 9.53 Å². The van der Waals surface area contributed by atoms with Crippen molar-refractivity contribution in [3.8, 4) is 0 Å². The Balaban J connectivity index is 3.21. The third kappa shape index (κ3) is 7.28. The van der Waals surface area contributed by atoms with E-state index < -0.39 is 0 Å². The molecule has 1 N–H and O–H groups in total. The third-order valence-electron chi connectivity index (χ3n) is 1.40. The molecule has 0 heterocycles. The van der Waals surface area contributed by atoms with E-state index in [1.54, 1.807) is 7.11 Å². The molecule has 0 aromatic rings. The van der Waals surface area contributed by atoms with E-state index in [-0.39, 0.29) is 5.91 Å². The van der Waals surface area contributed by atoms with Gasteiger partial charge in [-0.25, -0.2) is 0 Å². The predicted molar refractivity (Wildman–Crippen MR) is 48.9 cm³/mol. The number of allylic oxidation sites excluding steroid dienone is 2. The highest BCUT2D eigenvalue weighted by atomic mass is 16.5. The number of nitrogens with one attached hydrogen (secondary N) is 1. The van der Waals surface area contributed by atoms with Crippen LogP contribution in [0.2, 0.25) is 0 Å². The summed E-state index contributed by atoms with van der Waals surface area (Å²) >= 11 is 0. The quantitative estimate of drug-likeness (QED) is 0.480. The molecule has 0 aliphatic carbocycles. The monoisotopic (exact) mass is 171 g/mol. The molecular weight excluding hydrogens is 154 g/mol. The van der Waals surface area contributed by atoms with Gasteiger partial charge in [0.25, 0.3) is 0 Å². The average molecular weight is 171 g/mol. The smallest absolute Gasteiger partial charge is 0.220 e. The van der Waals surface area contributed by atoms with Crippen LogP contribution in [0.25, 0.3) is 0 Å². The van der Waals surface area contributed by atoms with Crippen molar-refractivity contribution >= 4 is 5.91 Å². The van der Waals surface area contributed by atoms with E-state index in [1.807, 2.05) is 19.1 Å². The first kappa shape index (κ1) is 11.2. The molecule has 0 aromatic carbocycles. The predicted octanol–water partition coefficient (Wildman–Crippen LogP) is 1.11. The maximum atomic E-state index is 11.0. The first-order valence-corrected chi connectivity index (χ1v) is 4.18. The van der Waals surface area contributed by atoms with E-state index in [0.29, 0.717) is 19.6 Å². The lowest BCUT2D eigenvalue weighted by atomic mass is 10.3. The lowest BCUT2D eigenvalue weighted by molar-refractivity contribution is -0.121. The number of methoxy groups -OCH3 is 1. The minimum atomic E-state index is 0.0881. The summed E-state index contributed by atoms with van der Waals surface area (Å²) in [6, 6.07) is 0. The molecule has 70 valence electrons. The Morgan fingerprint density at radius 2 is 2.33 bits per heavy atom. The molecule has 3 nitrogen and oxygen atoms in total. The Kier molecular flexibility index (Phi) is 7.70. The molecule has 0 unspecified atom stereocenters. The summed E-state index contributed by atoms with van der Waals surface area (Å²) in [6.45, 7) is 3.13. The number of carbonyl (C=O) groups is 1. The second kappa shape index (κ2) is 8.27. The average Bonchev–Trinajstić information content (AvgIpc) is 2.06. The van der Waals surface area contributed by atoms with Crippen molar-refractivity contribution in [3.05, 3.63) is 12.2 Å². The molecule has 0 saturated heterocycles. The highest BCUT2D eigenvalue weighted by Gasteiger charge is 1.96. The van der Waals surface area contributed by atoms with Gasteiger partial charge in [0.1, 0.15) is 0 Å². The SMILES string of the molecule is CC=CCCC(=O)NCCOC. The van der Waals surface area contributed by atoms with Crippen LogP contribution >= 0.6 is 0 Å². The molecular formula is C9H17NO2. The topological polar surface area (TPSA) is 38.3 Å². The van der Waals surface area contributed by atoms with Crippen LogP contribution in [-0.4, -0.2) is 26.2 Å². The Hall–Kier alpha value is -0.830. The first-order chi connectivity index (χ1) is 5.81. The molecule has 0 aliphatic rings. The zero-order chi connectivity index (χ0) is 9.23. The van der Waals surface area contributed by atoms with Gasteiger partial charge in [0, 0.05) is 20.1 Å². The summed E-state index contributed by atoms with van der Waals surface area (Å²) in [5.41, 5.74) is 0. The molecule has 0 atom stereocenters. The van der Waals surface area contributed by atoms with E-state index in [1.165, 1.54) is 0 Å². The number of ether oxygens (including phenoxy) is 1. The highest BCUT2D eigenvalue weighted by Crippen LogP contribution is 1.89. The summed E-state index contributed by atoms with van der Waals surface area (Å²) in [6.07, 6.45) is 5.31. The van der Waals surface area contributed by atoms with Gasteiger partial charge in [-0.05, 0) is 13.3 Å². The van der Waals surface area contributed by atoms with Crippen molar-refractivity contribution in [3.63, 3.8) is 0 Å². The van der Waals surface area contributed by atoms with Crippen LogP contribution in [0.3, 0.4) is 0 Å². The fourth-order valence-corrected chi connectivity index (χ4v) is 0.762. The van der Waals surface area contributed by atoms with Gasteiger partial charge in [-0.2, -0.15) is 0 Å². The molecule has 0 saturated carbocycles. The largest absolute Gasteiger partial charge is 0.383 e. The van der Waals surface area contributed by atoms with Gasteiger partial charge in [-0.3, -0.25) is 4.79 Å². The van der Waals surface area contributed by atoms with Gasteiger partial charge in [0.15, 0.2) is 0 Å². The van der Waals surface area contributed by atoms with E-state index in [0.717, 1.165) is 6.42 Å². The van der Waals surface area contributed by atoms with Crippen LogP contribution in [0, 0.1) is 0 Å². The van der Waals surface area contributed by atoms with E-state index in [4.69, 9.17) is 4.74 Å². The highest BCUT2D eigenvalue weighted by molar-refractivity contribution is 5.75. The van der Waals surface area contributed by atoms with E-state index in [2.05, 4.69) is 5.32 Å². The summed E-state index contributed by atoms with van der Waals surface area (Å²) in [4.78, 5) is 11.0. The fourth-order valence-electron chi connectivity index (χ4n) is 0.762. The van der Waals surface area contributed by atoms with Crippen molar-refractivity contribution in [2.45, 2.75) is 19.8 Å². The van der Waals surface area contributed by atoms with Crippen molar-refractivity contribution < 1.29 is 9.53 Å². The molecule has 0 aliphatic heterocycles. The van der Waals surface area contributed by atoms with Crippen LogP contribution in [0.1, 0.15) is 19.8 Å². The Morgan fingerprint density at radius 3 is 2.92 bits per heavy atom. The van der Waals surface area contributed by atoms with Gasteiger partial charge in [0.2, 0.25) is 5.91 Å². The number of rotatable bonds is 6. The standard InChI is InChI=1S/C9H17NO2/c1-3-4-5-6-9(11)10-7-8-12-2/h3-4H,5-8H2,1-2H3,(H,10,11). The summed E-state index contributed by atoms with van der Waals surface area (Å²) in [5.74, 6) is 0.0881. The molecule has 12 heavy (non-hydrogen) atoms. The zero-order valence-electron chi connectivity index (χ0n) is 7.80. The minimum absolute atomic E-state index is 0.0881. The van der Waals surface area contributed by atoms with Crippen LogP contribution in [0.15, 0.2) is 12.2 Å². The molecule has 0 radical (unpaired) electrons. The lowest BCUT2D eigenvalue weighted by Gasteiger charge is -2.01. The molecule has 3 heteroatoms. The zero-order valence-corrected chi connectivity index (χ0v) is 7.80.